The van der Waals surface area contributed by atoms with Crippen molar-refractivity contribution in [1.82, 2.24) is 4.98 Å². The molecule has 0 fully saturated rings. The van der Waals surface area contributed by atoms with E-state index in [1.54, 1.807) is 11.3 Å². The van der Waals surface area contributed by atoms with Crippen LogP contribution in [-0.4, -0.2) is 4.98 Å². The average molecular weight is 232 g/mol. The highest BCUT2D eigenvalue weighted by molar-refractivity contribution is 7.11. The van der Waals surface area contributed by atoms with Crippen LogP contribution in [0.2, 0.25) is 0 Å². The first-order chi connectivity index (χ1) is 7.81. The van der Waals surface area contributed by atoms with E-state index in [2.05, 4.69) is 36.2 Å². The summed E-state index contributed by atoms with van der Waals surface area (Å²) < 4.78 is 0. The summed E-state index contributed by atoms with van der Waals surface area (Å²) in [6.45, 7) is 2.71. The van der Waals surface area contributed by atoms with Crippen LogP contribution in [0.4, 0.5) is 0 Å². The zero-order valence-electron chi connectivity index (χ0n) is 9.44. The lowest BCUT2D eigenvalue weighted by Gasteiger charge is -2.00. The van der Waals surface area contributed by atoms with Gasteiger partial charge in [-0.05, 0) is 17.5 Å². The molecule has 84 valence electrons. The van der Waals surface area contributed by atoms with E-state index in [1.807, 2.05) is 6.20 Å². The van der Waals surface area contributed by atoms with E-state index in [9.17, 15) is 0 Å². The molecule has 1 heterocycles. The van der Waals surface area contributed by atoms with Crippen molar-refractivity contribution in [3.05, 3.63) is 51.5 Å². The molecule has 16 heavy (non-hydrogen) atoms. The molecule has 1 aromatic heterocycles. The van der Waals surface area contributed by atoms with Gasteiger partial charge in [-0.25, -0.2) is 4.98 Å². The van der Waals surface area contributed by atoms with Crippen LogP contribution >= 0.6 is 11.3 Å². The predicted molar refractivity (Wildman–Crippen MR) is 68.6 cm³/mol. The SMILES string of the molecule is CCc1ccc(Cc2cnc(CN)s2)cc1. The molecule has 0 radical (unpaired) electrons. The Morgan fingerprint density at radius 3 is 2.44 bits per heavy atom. The van der Waals surface area contributed by atoms with Gasteiger partial charge in [0, 0.05) is 24.0 Å². The summed E-state index contributed by atoms with van der Waals surface area (Å²) in [5.74, 6) is 0. The fourth-order valence-electron chi connectivity index (χ4n) is 1.62. The van der Waals surface area contributed by atoms with Crippen molar-refractivity contribution in [2.45, 2.75) is 26.3 Å². The number of benzene rings is 1. The first kappa shape index (κ1) is 11.3. The van der Waals surface area contributed by atoms with Gasteiger partial charge in [-0.15, -0.1) is 11.3 Å². The molecule has 2 aromatic rings. The summed E-state index contributed by atoms with van der Waals surface area (Å²) in [5, 5.41) is 1.01. The van der Waals surface area contributed by atoms with E-state index in [-0.39, 0.29) is 0 Å². The van der Waals surface area contributed by atoms with Crippen molar-refractivity contribution in [3.8, 4) is 0 Å². The monoisotopic (exact) mass is 232 g/mol. The molecule has 0 saturated carbocycles. The van der Waals surface area contributed by atoms with Crippen LogP contribution in [0.5, 0.6) is 0 Å². The molecule has 0 aliphatic carbocycles. The molecule has 1 aromatic carbocycles. The number of rotatable bonds is 4. The fraction of sp³-hybridized carbons (Fsp3) is 0.308. The molecule has 0 unspecified atom stereocenters. The van der Waals surface area contributed by atoms with E-state index < -0.39 is 0 Å². The number of nitrogens with zero attached hydrogens (tertiary/aromatic N) is 1. The Morgan fingerprint density at radius 1 is 1.19 bits per heavy atom. The molecular weight excluding hydrogens is 216 g/mol. The van der Waals surface area contributed by atoms with Gasteiger partial charge in [0.15, 0.2) is 0 Å². The molecule has 0 aliphatic rings. The number of thiazole rings is 1. The minimum atomic E-state index is 0.541. The summed E-state index contributed by atoms with van der Waals surface area (Å²) in [6, 6.07) is 8.78. The summed E-state index contributed by atoms with van der Waals surface area (Å²) >= 11 is 1.70. The Labute approximate surface area is 100 Å². The van der Waals surface area contributed by atoms with E-state index in [4.69, 9.17) is 5.73 Å². The van der Waals surface area contributed by atoms with Gasteiger partial charge in [0.05, 0.1) is 0 Å². The standard InChI is InChI=1S/C13H16N2S/c1-2-10-3-5-11(6-4-10)7-12-9-15-13(8-14)16-12/h3-6,9H,2,7-8,14H2,1H3. The lowest BCUT2D eigenvalue weighted by molar-refractivity contribution is 1.04. The van der Waals surface area contributed by atoms with Crippen LogP contribution in [0, 0.1) is 0 Å². The van der Waals surface area contributed by atoms with Gasteiger partial charge in [0.1, 0.15) is 5.01 Å². The molecule has 2 rings (SSSR count). The van der Waals surface area contributed by atoms with Crippen molar-refractivity contribution >= 4 is 11.3 Å². The van der Waals surface area contributed by atoms with Crippen LogP contribution in [-0.2, 0) is 19.4 Å². The molecule has 0 amide bonds. The largest absolute Gasteiger partial charge is 0.325 e. The number of hydrogen-bond acceptors (Lipinski definition) is 3. The number of aryl methyl sites for hydroxylation is 1. The topological polar surface area (TPSA) is 38.9 Å². The first-order valence-corrected chi connectivity index (χ1v) is 6.35. The molecule has 0 atom stereocenters. The van der Waals surface area contributed by atoms with E-state index in [1.165, 1.54) is 16.0 Å². The van der Waals surface area contributed by atoms with Gasteiger partial charge in [0.25, 0.3) is 0 Å². The Bertz CT molecular complexity index is 445. The third kappa shape index (κ3) is 2.68. The van der Waals surface area contributed by atoms with Crippen molar-refractivity contribution < 1.29 is 0 Å². The maximum atomic E-state index is 5.54. The predicted octanol–water partition coefficient (Wildman–Crippen LogP) is 2.75. The van der Waals surface area contributed by atoms with E-state index in [0.29, 0.717) is 6.54 Å². The summed E-state index contributed by atoms with van der Waals surface area (Å²) in [5.41, 5.74) is 8.26. The lowest BCUT2D eigenvalue weighted by Crippen LogP contribution is -1.93. The molecule has 0 bridgehead atoms. The van der Waals surface area contributed by atoms with Gasteiger partial charge in [-0.2, -0.15) is 0 Å². The molecule has 0 saturated heterocycles. The second-order valence-electron chi connectivity index (χ2n) is 3.77. The number of nitrogens with two attached hydrogens (primary N) is 1. The summed E-state index contributed by atoms with van der Waals surface area (Å²) in [6.07, 6.45) is 3.99. The van der Waals surface area contributed by atoms with Crippen molar-refractivity contribution in [3.63, 3.8) is 0 Å². The van der Waals surface area contributed by atoms with Crippen molar-refractivity contribution in [2.24, 2.45) is 5.73 Å². The minimum absolute atomic E-state index is 0.541. The molecule has 3 heteroatoms. The minimum Gasteiger partial charge on any atom is -0.325 e. The van der Waals surface area contributed by atoms with Crippen molar-refractivity contribution in [2.75, 3.05) is 0 Å². The van der Waals surface area contributed by atoms with E-state index in [0.717, 1.165) is 17.8 Å². The summed E-state index contributed by atoms with van der Waals surface area (Å²) in [7, 11) is 0. The second kappa shape index (κ2) is 5.23. The third-order valence-corrected chi connectivity index (χ3v) is 3.61. The molecule has 2 nitrogen and oxygen atoms in total. The number of hydrogen-bond donors (Lipinski definition) is 1. The first-order valence-electron chi connectivity index (χ1n) is 5.53. The van der Waals surface area contributed by atoms with Gasteiger partial charge in [-0.3, -0.25) is 0 Å². The quantitative estimate of drug-likeness (QED) is 0.880. The average Bonchev–Trinajstić information content (AvgIpc) is 2.78. The van der Waals surface area contributed by atoms with Crippen LogP contribution in [0.15, 0.2) is 30.5 Å². The van der Waals surface area contributed by atoms with Gasteiger partial charge in [-0.1, -0.05) is 31.2 Å². The van der Waals surface area contributed by atoms with Crippen LogP contribution in [0.3, 0.4) is 0 Å². The second-order valence-corrected chi connectivity index (χ2v) is 4.97. The smallest absolute Gasteiger partial charge is 0.106 e. The Kier molecular flexibility index (Phi) is 3.70. The number of aromatic nitrogens is 1. The lowest BCUT2D eigenvalue weighted by atomic mass is 10.1. The zero-order chi connectivity index (χ0) is 11.4. The van der Waals surface area contributed by atoms with Crippen LogP contribution in [0.1, 0.15) is 27.9 Å². The highest BCUT2D eigenvalue weighted by Crippen LogP contribution is 2.17. The van der Waals surface area contributed by atoms with Crippen LogP contribution < -0.4 is 5.73 Å². The normalized spacial score (nSPS) is 10.6. The maximum Gasteiger partial charge on any atom is 0.106 e. The summed E-state index contributed by atoms with van der Waals surface area (Å²) in [4.78, 5) is 5.54. The van der Waals surface area contributed by atoms with Gasteiger partial charge < -0.3 is 5.73 Å². The zero-order valence-corrected chi connectivity index (χ0v) is 10.3. The van der Waals surface area contributed by atoms with E-state index >= 15 is 0 Å². The molecule has 2 N–H and O–H groups in total. The third-order valence-electron chi connectivity index (χ3n) is 2.59. The molecule has 0 spiro atoms. The van der Waals surface area contributed by atoms with Crippen molar-refractivity contribution in [1.29, 1.82) is 0 Å². The van der Waals surface area contributed by atoms with Gasteiger partial charge >= 0.3 is 0 Å². The maximum absolute atomic E-state index is 5.54. The highest BCUT2D eigenvalue weighted by atomic mass is 32.1. The fourth-order valence-corrected chi connectivity index (χ4v) is 2.45. The Balaban J connectivity index is 2.08. The molecule has 0 aliphatic heterocycles. The Hall–Kier alpha value is -1.19. The molecular formula is C13H16N2S. The van der Waals surface area contributed by atoms with Crippen LogP contribution in [0.25, 0.3) is 0 Å². The Morgan fingerprint density at radius 2 is 1.88 bits per heavy atom. The highest BCUT2D eigenvalue weighted by Gasteiger charge is 2.01. The van der Waals surface area contributed by atoms with Gasteiger partial charge in [0.2, 0.25) is 0 Å².